The van der Waals surface area contributed by atoms with Crippen molar-refractivity contribution in [1.29, 1.82) is 0 Å². The Labute approximate surface area is 243 Å². The van der Waals surface area contributed by atoms with Crippen molar-refractivity contribution in [3.8, 4) is 0 Å². The summed E-state index contributed by atoms with van der Waals surface area (Å²) in [5.41, 5.74) is 1.17. The van der Waals surface area contributed by atoms with E-state index in [4.69, 9.17) is 25.8 Å². The van der Waals surface area contributed by atoms with Gasteiger partial charge in [-0.15, -0.1) is 0 Å². The summed E-state index contributed by atoms with van der Waals surface area (Å²) < 4.78 is 20.6. The fraction of sp³-hybridized carbons (Fsp3) is 0.571. The second-order valence-electron chi connectivity index (χ2n) is 11.4. The number of carbonyl (C=O) groups excluding carboxylic acids is 1. The van der Waals surface area contributed by atoms with Crippen molar-refractivity contribution in [3.63, 3.8) is 0 Å². The number of rotatable bonds is 8. The summed E-state index contributed by atoms with van der Waals surface area (Å²) >= 11 is 6.07. The molecular formula is C28H37ClN6O6. The zero-order chi connectivity index (χ0) is 29.4. The van der Waals surface area contributed by atoms with Crippen molar-refractivity contribution in [1.82, 2.24) is 19.5 Å². The van der Waals surface area contributed by atoms with E-state index < -0.39 is 42.3 Å². The first-order valence-electron chi connectivity index (χ1n) is 13.8. The van der Waals surface area contributed by atoms with Gasteiger partial charge in [0.05, 0.1) is 12.9 Å². The normalized spacial score (nSPS) is 24.6. The minimum Gasteiger partial charge on any atom is -0.394 e. The Morgan fingerprint density at radius 3 is 2.54 bits per heavy atom. The number of benzene rings is 1. The van der Waals surface area contributed by atoms with Crippen molar-refractivity contribution in [2.24, 2.45) is 5.41 Å². The van der Waals surface area contributed by atoms with Gasteiger partial charge in [0.25, 0.3) is 0 Å². The molecule has 222 valence electrons. The molecule has 1 aromatic carbocycles. The number of anilines is 2. The lowest BCUT2D eigenvalue weighted by Crippen LogP contribution is -2.52. The molecule has 0 unspecified atom stereocenters. The van der Waals surface area contributed by atoms with Crippen LogP contribution in [0.25, 0.3) is 11.2 Å². The highest BCUT2D eigenvalue weighted by Crippen LogP contribution is 2.40. The molecule has 41 heavy (non-hydrogen) atoms. The monoisotopic (exact) mass is 588 g/mol. The van der Waals surface area contributed by atoms with Gasteiger partial charge in [0.15, 0.2) is 29.0 Å². The van der Waals surface area contributed by atoms with E-state index in [0.717, 1.165) is 5.69 Å². The number of amides is 1. The zero-order valence-electron chi connectivity index (χ0n) is 23.7. The summed E-state index contributed by atoms with van der Waals surface area (Å²) in [6, 6.07) is 7.69. The third-order valence-corrected chi connectivity index (χ3v) is 7.77. The van der Waals surface area contributed by atoms with Crippen LogP contribution in [0.3, 0.4) is 0 Å². The van der Waals surface area contributed by atoms with Crippen LogP contribution >= 0.6 is 11.6 Å². The van der Waals surface area contributed by atoms with Gasteiger partial charge in [0.2, 0.25) is 5.91 Å². The maximum absolute atomic E-state index is 12.6. The number of halogens is 1. The standard InChI is InChI=1S/C28H37ClN6O6/c1-5-39-28(10-12-34(13-11-28)18-8-6-17(29)7-9-18)41-22-21(37)19(14-36)40-25(22)35-16-32-20-23(30-15-31-24(20)35)33-26(38)27(2,3)4/h6-9,15-16,19,21-22,25,36-37H,5,10-14H2,1-4H3,(H,30,31,33,38)/t19-,21-,22-,25-/m1/s1. The van der Waals surface area contributed by atoms with E-state index in [-0.39, 0.29) is 11.7 Å². The maximum Gasteiger partial charge on any atom is 0.230 e. The second kappa shape index (κ2) is 11.8. The Bertz CT molecular complexity index is 1350. The van der Waals surface area contributed by atoms with Gasteiger partial charge in [-0.05, 0) is 31.2 Å². The number of hydrogen-bond donors (Lipinski definition) is 3. The van der Waals surface area contributed by atoms with E-state index in [1.54, 1.807) is 25.3 Å². The molecule has 5 rings (SSSR count). The van der Waals surface area contributed by atoms with Crippen LogP contribution in [0.5, 0.6) is 0 Å². The SMILES string of the molecule is CCOC1(O[C@@H]2[C@H](O)[C@@H](CO)O[C@H]2n2cnc3c(NC(=O)C(C)(C)C)ncnc32)CCN(c2ccc(Cl)cc2)CC1. The highest BCUT2D eigenvalue weighted by atomic mass is 35.5. The molecule has 0 spiro atoms. The molecule has 3 aromatic rings. The summed E-state index contributed by atoms with van der Waals surface area (Å²) in [6.07, 6.45) is 0.111. The van der Waals surface area contributed by atoms with Crippen LogP contribution in [0.2, 0.25) is 5.02 Å². The minimum absolute atomic E-state index is 0.218. The number of aromatic nitrogens is 4. The molecule has 1 amide bonds. The first-order chi connectivity index (χ1) is 19.5. The van der Waals surface area contributed by atoms with Crippen molar-refractivity contribution in [3.05, 3.63) is 41.9 Å². The largest absolute Gasteiger partial charge is 0.394 e. The number of aliphatic hydroxyl groups is 2. The van der Waals surface area contributed by atoms with Gasteiger partial charge >= 0.3 is 0 Å². The Balaban J connectivity index is 1.41. The van der Waals surface area contributed by atoms with Gasteiger partial charge in [-0.2, -0.15) is 0 Å². The molecule has 0 radical (unpaired) electrons. The Morgan fingerprint density at radius 2 is 1.90 bits per heavy atom. The van der Waals surface area contributed by atoms with Gasteiger partial charge in [-0.25, -0.2) is 15.0 Å². The van der Waals surface area contributed by atoms with Crippen LogP contribution in [0.15, 0.2) is 36.9 Å². The number of imidazole rings is 1. The summed E-state index contributed by atoms with van der Waals surface area (Å²) in [7, 11) is 0. The third kappa shape index (κ3) is 6.04. The van der Waals surface area contributed by atoms with Gasteiger partial charge in [-0.3, -0.25) is 9.36 Å². The zero-order valence-corrected chi connectivity index (χ0v) is 24.4. The van der Waals surface area contributed by atoms with Crippen molar-refractivity contribution >= 4 is 40.2 Å². The minimum atomic E-state index is -1.14. The second-order valence-corrected chi connectivity index (χ2v) is 11.8. The molecule has 0 saturated carbocycles. The van der Waals surface area contributed by atoms with Crippen LogP contribution in [0, 0.1) is 5.41 Å². The number of hydrogen-bond acceptors (Lipinski definition) is 10. The molecule has 12 nitrogen and oxygen atoms in total. The number of ether oxygens (including phenoxy) is 3. The molecule has 2 aliphatic heterocycles. The van der Waals surface area contributed by atoms with Crippen LogP contribution in [-0.2, 0) is 19.0 Å². The number of carbonyl (C=O) groups is 1. The van der Waals surface area contributed by atoms with Gasteiger partial charge in [0.1, 0.15) is 24.6 Å². The molecule has 2 saturated heterocycles. The fourth-order valence-corrected chi connectivity index (χ4v) is 5.34. The number of aliphatic hydroxyl groups excluding tert-OH is 2. The average Bonchev–Trinajstić information content (AvgIpc) is 3.50. The molecule has 2 aromatic heterocycles. The van der Waals surface area contributed by atoms with Crippen LogP contribution in [0.1, 0.15) is 46.8 Å². The van der Waals surface area contributed by atoms with Crippen molar-refractivity contribution in [2.75, 3.05) is 36.5 Å². The van der Waals surface area contributed by atoms with E-state index in [1.807, 2.05) is 31.2 Å². The van der Waals surface area contributed by atoms with Crippen molar-refractivity contribution in [2.45, 2.75) is 70.9 Å². The first-order valence-corrected chi connectivity index (χ1v) is 14.2. The predicted molar refractivity (Wildman–Crippen MR) is 153 cm³/mol. The average molecular weight is 589 g/mol. The van der Waals surface area contributed by atoms with Crippen LogP contribution < -0.4 is 10.2 Å². The summed E-state index contributed by atoms with van der Waals surface area (Å²) in [4.78, 5) is 27.9. The number of piperidine rings is 1. The van der Waals surface area contributed by atoms with E-state index in [1.165, 1.54) is 12.7 Å². The van der Waals surface area contributed by atoms with Gasteiger partial charge in [0, 0.05) is 48.7 Å². The molecule has 13 heteroatoms. The smallest absolute Gasteiger partial charge is 0.230 e. The highest BCUT2D eigenvalue weighted by molar-refractivity contribution is 6.30. The molecule has 0 aliphatic carbocycles. The lowest BCUT2D eigenvalue weighted by atomic mass is 9.96. The number of nitrogens with zero attached hydrogens (tertiary/aromatic N) is 5. The molecule has 4 atom stereocenters. The summed E-state index contributed by atoms with van der Waals surface area (Å²) in [5, 5.41) is 24.7. The topological polar surface area (TPSA) is 144 Å². The molecule has 2 aliphatic rings. The first kappa shape index (κ1) is 29.6. The lowest BCUT2D eigenvalue weighted by molar-refractivity contribution is -0.285. The molecule has 3 N–H and O–H groups in total. The van der Waals surface area contributed by atoms with E-state index in [9.17, 15) is 15.0 Å². The van der Waals surface area contributed by atoms with E-state index >= 15 is 0 Å². The quantitative estimate of drug-likeness (QED) is 0.336. The maximum atomic E-state index is 12.6. The van der Waals surface area contributed by atoms with Crippen molar-refractivity contribution < 1.29 is 29.2 Å². The van der Waals surface area contributed by atoms with Crippen LogP contribution in [-0.4, -0.2) is 86.0 Å². The number of nitrogens with one attached hydrogen (secondary N) is 1. The molecule has 4 heterocycles. The molecular weight excluding hydrogens is 552 g/mol. The van der Waals surface area contributed by atoms with E-state index in [0.29, 0.717) is 48.7 Å². The Morgan fingerprint density at radius 1 is 1.20 bits per heavy atom. The van der Waals surface area contributed by atoms with Gasteiger partial charge in [-0.1, -0.05) is 32.4 Å². The Hall–Kier alpha value is -2.87. The Kier molecular flexibility index (Phi) is 8.51. The third-order valence-electron chi connectivity index (χ3n) is 7.51. The lowest BCUT2D eigenvalue weighted by Gasteiger charge is -2.44. The molecule has 0 bridgehead atoms. The predicted octanol–water partition coefficient (Wildman–Crippen LogP) is 3.13. The number of fused-ring (bicyclic) bond motifs is 1. The fourth-order valence-electron chi connectivity index (χ4n) is 5.21. The van der Waals surface area contributed by atoms with Crippen LogP contribution in [0.4, 0.5) is 11.5 Å². The molecule has 2 fully saturated rings. The van der Waals surface area contributed by atoms with E-state index in [2.05, 4.69) is 25.2 Å². The highest BCUT2D eigenvalue weighted by Gasteiger charge is 2.51. The summed E-state index contributed by atoms with van der Waals surface area (Å²) in [5.74, 6) is -0.930. The summed E-state index contributed by atoms with van der Waals surface area (Å²) in [6.45, 7) is 8.65. The van der Waals surface area contributed by atoms with Gasteiger partial charge < -0.3 is 34.6 Å².